The average molecular weight is 727 g/mol. The van der Waals surface area contributed by atoms with Crippen LogP contribution >= 0.6 is 0 Å². The molecular weight excluding hydrogens is 680 g/mol. The summed E-state index contributed by atoms with van der Waals surface area (Å²) in [6.07, 6.45) is 5.37. The van der Waals surface area contributed by atoms with Crippen LogP contribution in [-0.4, -0.2) is 108 Å². The topological polar surface area (TPSA) is 185 Å². The Balaban J connectivity index is 0.872. The number of nitriles is 1. The quantitative estimate of drug-likeness (QED) is 0.257. The SMILES string of the molecule is N#CC1CN(C(=O)[C@@H]2CC[C@@H]3CCCC[C@H](N)C(=O)N32)CC1c1cccc(OCCOCCOc2cccc3c2CN(C2CCC(=O)NC2=O)C3=O)c1. The van der Waals surface area contributed by atoms with Gasteiger partial charge < -0.3 is 34.6 Å². The number of hydrogen-bond donors (Lipinski definition) is 2. The van der Waals surface area contributed by atoms with Crippen LogP contribution in [0.1, 0.15) is 78.8 Å². The van der Waals surface area contributed by atoms with Gasteiger partial charge in [-0.3, -0.25) is 29.3 Å². The molecule has 2 aromatic rings. The van der Waals surface area contributed by atoms with Gasteiger partial charge in [-0.1, -0.05) is 31.0 Å². The van der Waals surface area contributed by atoms with Crippen LogP contribution in [0.2, 0.25) is 0 Å². The number of piperidine rings is 1. The van der Waals surface area contributed by atoms with Gasteiger partial charge in [0.15, 0.2) is 0 Å². The Morgan fingerprint density at radius 1 is 0.925 bits per heavy atom. The van der Waals surface area contributed by atoms with E-state index in [4.69, 9.17) is 19.9 Å². The Hall–Kier alpha value is -5.00. The summed E-state index contributed by atoms with van der Waals surface area (Å²) in [7, 11) is 0. The van der Waals surface area contributed by atoms with Crippen molar-refractivity contribution in [1.82, 2.24) is 20.0 Å². The number of amides is 5. The lowest BCUT2D eigenvalue weighted by atomic mass is 9.90. The van der Waals surface area contributed by atoms with Gasteiger partial charge in [0, 0.05) is 42.6 Å². The second-order valence-electron chi connectivity index (χ2n) is 14.5. The van der Waals surface area contributed by atoms with E-state index in [1.54, 1.807) is 28.0 Å². The van der Waals surface area contributed by atoms with Crippen LogP contribution < -0.4 is 20.5 Å². The zero-order valence-corrected chi connectivity index (χ0v) is 29.7. The number of ether oxygens (including phenoxy) is 3. The summed E-state index contributed by atoms with van der Waals surface area (Å²) in [5.74, 6) is -0.653. The van der Waals surface area contributed by atoms with Crippen molar-refractivity contribution in [3.8, 4) is 17.6 Å². The van der Waals surface area contributed by atoms with Crippen LogP contribution in [0.15, 0.2) is 42.5 Å². The Labute approximate surface area is 308 Å². The van der Waals surface area contributed by atoms with Gasteiger partial charge in [0.05, 0.1) is 37.8 Å². The Kier molecular flexibility index (Phi) is 10.9. The van der Waals surface area contributed by atoms with E-state index in [1.807, 2.05) is 24.3 Å². The number of carbonyl (C=O) groups excluding carboxylic acids is 5. The molecule has 4 saturated heterocycles. The minimum absolute atomic E-state index is 0.0507. The molecule has 5 heterocycles. The number of nitrogens with zero attached hydrogens (tertiary/aromatic N) is 4. The van der Waals surface area contributed by atoms with Gasteiger partial charge in [-0.05, 0) is 61.9 Å². The van der Waals surface area contributed by atoms with Crippen molar-refractivity contribution < 1.29 is 38.2 Å². The van der Waals surface area contributed by atoms with Crippen LogP contribution in [0.3, 0.4) is 0 Å². The molecule has 280 valence electrons. The molecule has 3 N–H and O–H groups in total. The number of imide groups is 1. The first kappa shape index (κ1) is 36.4. The third-order valence-corrected chi connectivity index (χ3v) is 11.3. The highest BCUT2D eigenvalue weighted by Crippen LogP contribution is 2.38. The first-order chi connectivity index (χ1) is 25.7. The van der Waals surface area contributed by atoms with E-state index in [9.17, 15) is 29.2 Å². The molecule has 3 unspecified atom stereocenters. The fraction of sp³-hybridized carbons (Fsp3) is 0.538. The fourth-order valence-electron chi connectivity index (χ4n) is 8.52. The summed E-state index contributed by atoms with van der Waals surface area (Å²) < 4.78 is 17.7. The fourth-order valence-corrected chi connectivity index (χ4v) is 8.52. The van der Waals surface area contributed by atoms with Crippen LogP contribution in [0.25, 0.3) is 0 Å². The van der Waals surface area contributed by atoms with Gasteiger partial charge in [-0.25, -0.2) is 0 Å². The van der Waals surface area contributed by atoms with Crippen molar-refractivity contribution in [1.29, 1.82) is 5.26 Å². The Bertz CT molecular complexity index is 1790. The molecule has 14 heteroatoms. The normalized spacial score (nSPS) is 27.1. The molecule has 0 bridgehead atoms. The molecule has 7 rings (SSSR count). The van der Waals surface area contributed by atoms with Gasteiger partial charge in [0.1, 0.15) is 36.8 Å². The summed E-state index contributed by atoms with van der Waals surface area (Å²) in [6.45, 7) is 2.05. The number of likely N-dealkylation sites (tertiary alicyclic amines) is 1. The smallest absolute Gasteiger partial charge is 0.255 e. The number of nitrogens with two attached hydrogens (primary N) is 1. The predicted octanol–water partition coefficient (Wildman–Crippen LogP) is 2.25. The minimum atomic E-state index is -0.693. The summed E-state index contributed by atoms with van der Waals surface area (Å²) in [4.78, 5) is 69.1. The number of rotatable bonds is 11. The van der Waals surface area contributed by atoms with Crippen molar-refractivity contribution in [2.45, 2.75) is 88.0 Å². The molecule has 6 atom stereocenters. The first-order valence-corrected chi connectivity index (χ1v) is 18.7. The summed E-state index contributed by atoms with van der Waals surface area (Å²) in [5, 5.41) is 12.4. The van der Waals surface area contributed by atoms with Crippen LogP contribution in [0, 0.1) is 17.2 Å². The summed E-state index contributed by atoms with van der Waals surface area (Å²) >= 11 is 0. The maximum Gasteiger partial charge on any atom is 0.255 e. The largest absolute Gasteiger partial charge is 0.491 e. The van der Waals surface area contributed by atoms with Gasteiger partial charge in [-0.15, -0.1) is 0 Å². The molecule has 5 amide bonds. The third kappa shape index (κ3) is 7.59. The number of benzene rings is 2. The van der Waals surface area contributed by atoms with E-state index in [1.165, 1.54) is 4.90 Å². The molecule has 0 aliphatic carbocycles. The van der Waals surface area contributed by atoms with Crippen molar-refractivity contribution in [3.63, 3.8) is 0 Å². The number of fused-ring (bicyclic) bond motifs is 2. The molecule has 5 aliphatic heterocycles. The van der Waals surface area contributed by atoms with Gasteiger partial charge in [0.2, 0.25) is 23.6 Å². The predicted molar refractivity (Wildman–Crippen MR) is 189 cm³/mol. The van der Waals surface area contributed by atoms with Crippen LogP contribution in [0.5, 0.6) is 11.5 Å². The molecule has 53 heavy (non-hydrogen) atoms. The summed E-state index contributed by atoms with van der Waals surface area (Å²) in [5.41, 5.74) is 8.31. The number of nitrogens with one attached hydrogen (secondary N) is 1. The molecule has 0 radical (unpaired) electrons. The lowest BCUT2D eigenvalue weighted by Gasteiger charge is -2.35. The molecular formula is C39H46N6O8. The highest BCUT2D eigenvalue weighted by molar-refractivity contribution is 6.05. The Morgan fingerprint density at radius 2 is 1.72 bits per heavy atom. The van der Waals surface area contributed by atoms with E-state index in [0.29, 0.717) is 61.6 Å². The van der Waals surface area contributed by atoms with Gasteiger partial charge in [0.25, 0.3) is 5.91 Å². The lowest BCUT2D eigenvalue weighted by Crippen LogP contribution is -2.55. The first-order valence-electron chi connectivity index (χ1n) is 18.7. The Morgan fingerprint density at radius 3 is 2.53 bits per heavy atom. The van der Waals surface area contributed by atoms with E-state index in [2.05, 4.69) is 11.4 Å². The highest BCUT2D eigenvalue weighted by Gasteiger charge is 2.47. The van der Waals surface area contributed by atoms with Crippen molar-refractivity contribution in [3.05, 3.63) is 59.2 Å². The zero-order valence-electron chi connectivity index (χ0n) is 29.7. The minimum Gasteiger partial charge on any atom is -0.491 e. The molecule has 0 aromatic heterocycles. The van der Waals surface area contributed by atoms with Crippen molar-refractivity contribution >= 4 is 29.5 Å². The lowest BCUT2D eigenvalue weighted by molar-refractivity contribution is -0.146. The maximum atomic E-state index is 13.8. The zero-order chi connectivity index (χ0) is 37.1. The molecule has 2 aromatic carbocycles. The average Bonchev–Trinajstić information content (AvgIpc) is 3.88. The standard InChI is InChI=1S/C39H46N6O8/c40-20-25-21-43(39(50)33-12-11-26-6-1-2-9-31(41)38(49)45(26)33)22-29(25)24-5-3-7-27(19-24)52-17-15-51-16-18-53-34-10-4-8-28-30(34)23-44(37(28)48)32-13-14-35(46)42-36(32)47/h3-5,7-8,10,19,25-26,29,31-33H,1-2,6,9,11-18,21-23,41H2,(H,42,46,47)/t25?,26-,29?,31-,32?,33-/m0/s1. The van der Waals surface area contributed by atoms with Gasteiger partial charge >= 0.3 is 0 Å². The van der Waals surface area contributed by atoms with E-state index >= 15 is 0 Å². The molecule has 0 spiro atoms. The number of hydrogen-bond acceptors (Lipinski definition) is 10. The van der Waals surface area contributed by atoms with Crippen LogP contribution in [0.4, 0.5) is 0 Å². The number of carbonyl (C=O) groups is 5. The monoisotopic (exact) mass is 726 g/mol. The molecule has 0 saturated carbocycles. The second-order valence-corrected chi connectivity index (χ2v) is 14.5. The molecule has 5 aliphatic rings. The second kappa shape index (κ2) is 15.9. The van der Waals surface area contributed by atoms with Crippen LogP contribution in [-0.2, 0) is 30.5 Å². The van der Waals surface area contributed by atoms with Gasteiger partial charge in [-0.2, -0.15) is 5.26 Å². The van der Waals surface area contributed by atoms with Crippen molar-refractivity contribution in [2.24, 2.45) is 11.7 Å². The highest BCUT2D eigenvalue weighted by atomic mass is 16.5. The van der Waals surface area contributed by atoms with Crippen molar-refractivity contribution in [2.75, 3.05) is 39.5 Å². The third-order valence-electron chi connectivity index (χ3n) is 11.3. The maximum absolute atomic E-state index is 13.8. The summed E-state index contributed by atoms with van der Waals surface area (Å²) in [6, 6.07) is 13.5. The van der Waals surface area contributed by atoms with E-state index in [0.717, 1.165) is 31.2 Å². The van der Waals surface area contributed by atoms with E-state index in [-0.39, 0.29) is 74.3 Å². The molecule has 14 nitrogen and oxygen atoms in total. The molecule has 4 fully saturated rings. The van der Waals surface area contributed by atoms with E-state index < -0.39 is 24.0 Å².